The highest BCUT2D eigenvalue weighted by atomic mass is 19.1. The number of hydrogen-bond donors (Lipinski definition) is 1. The number of rotatable bonds is 3. The number of carboxylic acid groups (broad SMARTS) is 1. The molecular weight excluding hydrogens is 259 g/mol. The standard InChI is InChI=1S/C15H11FN2O2/c16-12-1-2-14-11(8-12)4-6-18(14)9-10-3-5-17-13(7-10)15(19)20/h1-8H,9H2,(H,19,20). The minimum Gasteiger partial charge on any atom is -0.477 e. The van der Waals surface area contributed by atoms with Crippen molar-refractivity contribution in [3.63, 3.8) is 0 Å². The van der Waals surface area contributed by atoms with Crippen molar-refractivity contribution < 1.29 is 14.3 Å². The van der Waals surface area contributed by atoms with Gasteiger partial charge in [-0.1, -0.05) is 0 Å². The van der Waals surface area contributed by atoms with Crippen LogP contribution in [-0.2, 0) is 6.54 Å². The Balaban J connectivity index is 1.97. The molecule has 0 aliphatic heterocycles. The molecule has 0 bridgehead atoms. The largest absolute Gasteiger partial charge is 0.477 e. The highest BCUT2D eigenvalue weighted by Gasteiger charge is 2.07. The highest BCUT2D eigenvalue weighted by Crippen LogP contribution is 2.18. The Hall–Kier alpha value is -2.69. The minimum atomic E-state index is -1.05. The second-order valence-corrected chi connectivity index (χ2v) is 4.50. The van der Waals surface area contributed by atoms with E-state index in [-0.39, 0.29) is 11.5 Å². The van der Waals surface area contributed by atoms with Crippen LogP contribution in [0.25, 0.3) is 10.9 Å². The maximum atomic E-state index is 13.1. The molecule has 0 unspecified atom stereocenters. The number of carboxylic acids is 1. The molecule has 0 atom stereocenters. The summed E-state index contributed by atoms with van der Waals surface area (Å²) >= 11 is 0. The topological polar surface area (TPSA) is 55.1 Å². The second kappa shape index (κ2) is 4.77. The average Bonchev–Trinajstić information content (AvgIpc) is 2.81. The Kier molecular flexibility index (Phi) is 2.95. The Labute approximate surface area is 114 Å². The SMILES string of the molecule is O=C(O)c1cc(Cn2ccc3cc(F)ccc32)ccn1. The van der Waals surface area contributed by atoms with Gasteiger partial charge in [0.05, 0.1) is 0 Å². The number of hydrogen-bond acceptors (Lipinski definition) is 2. The van der Waals surface area contributed by atoms with Gasteiger partial charge in [0.1, 0.15) is 11.5 Å². The fourth-order valence-corrected chi connectivity index (χ4v) is 2.20. The summed E-state index contributed by atoms with van der Waals surface area (Å²) in [7, 11) is 0. The number of benzene rings is 1. The molecule has 0 aliphatic rings. The van der Waals surface area contributed by atoms with Crippen LogP contribution in [-0.4, -0.2) is 20.6 Å². The van der Waals surface area contributed by atoms with Crippen LogP contribution >= 0.6 is 0 Å². The van der Waals surface area contributed by atoms with Crippen molar-refractivity contribution in [1.29, 1.82) is 0 Å². The zero-order valence-electron chi connectivity index (χ0n) is 10.5. The molecule has 0 saturated carbocycles. The van der Waals surface area contributed by atoms with E-state index in [0.29, 0.717) is 6.54 Å². The van der Waals surface area contributed by atoms with E-state index >= 15 is 0 Å². The molecule has 0 spiro atoms. The lowest BCUT2D eigenvalue weighted by Crippen LogP contribution is -2.03. The second-order valence-electron chi connectivity index (χ2n) is 4.50. The lowest BCUT2D eigenvalue weighted by atomic mass is 10.2. The molecular formula is C15H11FN2O2. The fourth-order valence-electron chi connectivity index (χ4n) is 2.20. The van der Waals surface area contributed by atoms with Gasteiger partial charge < -0.3 is 9.67 Å². The van der Waals surface area contributed by atoms with Crippen LogP contribution in [0.15, 0.2) is 48.8 Å². The molecule has 3 aromatic rings. The Bertz CT molecular complexity index is 795. The number of nitrogens with zero attached hydrogens (tertiary/aromatic N) is 2. The average molecular weight is 270 g/mol. The number of fused-ring (bicyclic) bond motifs is 1. The summed E-state index contributed by atoms with van der Waals surface area (Å²) in [6, 6.07) is 9.73. The third-order valence-corrected chi connectivity index (χ3v) is 3.13. The third-order valence-electron chi connectivity index (χ3n) is 3.13. The van der Waals surface area contributed by atoms with Gasteiger partial charge in [-0.2, -0.15) is 0 Å². The van der Waals surface area contributed by atoms with Gasteiger partial charge in [0.15, 0.2) is 0 Å². The molecule has 1 aromatic carbocycles. The Morgan fingerprint density at radius 2 is 2.10 bits per heavy atom. The van der Waals surface area contributed by atoms with Crippen LogP contribution in [0.2, 0.25) is 0 Å². The van der Waals surface area contributed by atoms with Gasteiger partial charge in [-0.25, -0.2) is 14.2 Å². The predicted octanol–water partition coefficient (Wildman–Crippen LogP) is 2.92. The Morgan fingerprint density at radius 3 is 2.90 bits per heavy atom. The monoisotopic (exact) mass is 270 g/mol. The highest BCUT2D eigenvalue weighted by molar-refractivity contribution is 5.85. The van der Waals surface area contributed by atoms with Crippen molar-refractivity contribution in [1.82, 2.24) is 9.55 Å². The first-order chi connectivity index (χ1) is 9.63. The van der Waals surface area contributed by atoms with Gasteiger partial charge in [0.25, 0.3) is 0 Å². The first-order valence-corrected chi connectivity index (χ1v) is 6.06. The zero-order valence-corrected chi connectivity index (χ0v) is 10.5. The summed E-state index contributed by atoms with van der Waals surface area (Å²) in [6.07, 6.45) is 3.33. The molecule has 0 amide bonds. The molecule has 4 nitrogen and oxygen atoms in total. The lowest BCUT2D eigenvalue weighted by molar-refractivity contribution is 0.0690. The van der Waals surface area contributed by atoms with Crippen molar-refractivity contribution >= 4 is 16.9 Å². The van der Waals surface area contributed by atoms with Gasteiger partial charge in [-0.3, -0.25) is 0 Å². The van der Waals surface area contributed by atoms with Gasteiger partial charge in [-0.15, -0.1) is 0 Å². The van der Waals surface area contributed by atoms with E-state index in [9.17, 15) is 9.18 Å². The number of aromatic nitrogens is 2. The van der Waals surface area contributed by atoms with Crippen molar-refractivity contribution in [3.05, 3.63) is 65.9 Å². The van der Waals surface area contributed by atoms with E-state index in [2.05, 4.69) is 4.98 Å². The maximum Gasteiger partial charge on any atom is 0.354 e. The van der Waals surface area contributed by atoms with Crippen LogP contribution in [0.3, 0.4) is 0 Å². The maximum absolute atomic E-state index is 13.1. The summed E-state index contributed by atoms with van der Waals surface area (Å²) in [6.45, 7) is 0.512. The first-order valence-electron chi connectivity index (χ1n) is 6.06. The van der Waals surface area contributed by atoms with Crippen molar-refractivity contribution in [2.75, 3.05) is 0 Å². The number of pyridine rings is 1. The van der Waals surface area contributed by atoms with E-state index in [1.807, 2.05) is 16.8 Å². The molecule has 3 rings (SSSR count). The van der Waals surface area contributed by atoms with Gasteiger partial charge in [0, 0.05) is 29.8 Å². The van der Waals surface area contributed by atoms with Gasteiger partial charge in [-0.05, 0) is 42.0 Å². The summed E-state index contributed by atoms with van der Waals surface area (Å²) in [5.74, 6) is -1.32. The molecule has 20 heavy (non-hydrogen) atoms. The van der Waals surface area contributed by atoms with Crippen molar-refractivity contribution in [3.8, 4) is 0 Å². The number of carbonyl (C=O) groups is 1. The summed E-state index contributed by atoms with van der Waals surface area (Å²) in [5, 5.41) is 9.74. The van der Waals surface area contributed by atoms with E-state index in [1.54, 1.807) is 12.1 Å². The van der Waals surface area contributed by atoms with Crippen molar-refractivity contribution in [2.45, 2.75) is 6.54 Å². The molecule has 0 aliphatic carbocycles. The smallest absolute Gasteiger partial charge is 0.354 e. The van der Waals surface area contributed by atoms with Crippen LogP contribution in [0, 0.1) is 5.82 Å². The van der Waals surface area contributed by atoms with Crippen LogP contribution < -0.4 is 0 Å². The molecule has 2 heterocycles. The van der Waals surface area contributed by atoms with Crippen LogP contribution in [0.4, 0.5) is 4.39 Å². The van der Waals surface area contributed by atoms with Gasteiger partial charge >= 0.3 is 5.97 Å². The number of halogens is 1. The lowest BCUT2D eigenvalue weighted by Gasteiger charge is -2.06. The molecule has 2 aromatic heterocycles. The molecule has 1 N–H and O–H groups in total. The molecule has 0 radical (unpaired) electrons. The predicted molar refractivity (Wildman–Crippen MR) is 72.2 cm³/mol. The van der Waals surface area contributed by atoms with E-state index in [4.69, 9.17) is 5.11 Å². The van der Waals surface area contributed by atoms with E-state index in [1.165, 1.54) is 24.4 Å². The normalized spacial score (nSPS) is 10.8. The van der Waals surface area contributed by atoms with Gasteiger partial charge in [0.2, 0.25) is 0 Å². The molecule has 5 heteroatoms. The van der Waals surface area contributed by atoms with E-state index in [0.717, 1.165) is 16.5 Å². The quantitative estimate of drug-likeness (QED) is 0.796. The summed E-state index contributed by atoms with van der Waals surface area (Å²) in [4.78, 5) is 14.7. The van der Waals surface area contributed by atoms with Crippen molar-refractivity contribution in [2.24, 2.45) is 0 Å². The molecule has 100 valence electrons. The molecule has 0 fully saturated rings. The summed E-state index contributed by atoms with van der Waals surface area (Å²) < 4.78 is 15.1. The number of aromatic carboxylic acids is 1. The van der Waals surface area contributed by atoms with Crippen LogP contribution in [0.1, 0.15) is 16.1 Å². The Morgan fingerprint density at radius 1 is 1.25 bits per heavy atom. The molecule has 0 saturated heterocycles. The zero-order chi connectivity index (χ0) is 14.1. The third kappa shape index (κ3) is 2.25. The first kappa shape index (κ1) is 12.3. The summed E-state index contributed by atoms with van der Waals surface area (Å²) in [5.41, 5.74) is 1.75. The fraction of sp³-hybridized carbons (Fsp3) is 0.0667. The van der Waals surface area contributed by atoms with Crippen LogP contribution in [0.5, 0.6) is 0 Å². The minimum absolute atomic E-state index is 0.0185. The van der Waals surface area contributed by atoms with E-state index < -0.39 is 5.97 Å².